The molecule has 0 aliphatic carbocycles. The molecule has 1 saturated heterocycles. The van der Waals surface area contributed by atoms with Crippen LogP contribution in [0.4, 0.5) is 0 Å². The van der Waals surface area contributed by atoms with Gasteiger partial charge in [-0.25, -0.2) is 8.42 Å². The van der Waals surface area contributed by atoms with Crippen molar-refractivity contribution in [2.24, 2.45) is 5.92 Å². The Morgan fingerprint density at radius 3 is 2.85 bits per heavy atom. The second-order valence-electron chi connectivity index (χ2n) is 5.60. The summed E-state index contributed by atoms with van der Waals surface area (Å²) >= 11 is 0. The maximum Gasteiger partial charge on any atom is 0.259 e. The molecule has 6 nitrogen and oxygen atoms in total. The van der Waals surface area contributed by atoms with Crippen molar-refractivity contribution in [2.75, 3.05) is 33.7 Å². The molecule has 114 valence electrons. The van der Waals surface area contributed by atoms with E-state index in [4.69, 9.17) is 0 Å². The third-order valence-corrected chi connectivity index (χ3v) is 5.64. The lowest BCUT2D eigenvalue weighted by Crippen LogP contribution is -2.34. The average molecular weight is 300 g/mol. The third kappa shape index (κ3) is 3.21. The second kappa shape index (κ2) is 6.24. The topological polar surface area (TPSA) is 58.4 Å². The lowest BCUT2D eigenvalue weighted by Gasteiger charge is -2.21. The first kappa shape index (κ1) is 15.5. The molecule has 1 aliphatic heterocycles. The van der Waals surface area contributed by atoms with Crippen molar-refractivity contribution in [2.45, 2.75) is 31.3 Å². The Bertz CT molecular complexity index is 540. The predicted octanol–water partition coefficient (Wildman–Crippen LogP) is 0.865. The van der Waals surface area contributed by atoms with Crippen LogP contribution in [0.1, 0.15) is 19.8 Å². The van der Waals surface area contributed by atoms with E-state index in [0.29, 0.717) is 24.0 Å². The molecule has 1 aromatic rings. The maximum atomic E-state index is 12.6. The van der Waals surface area contributed by atoms with Crippen LogP contribution in [-0.4, -0.2) is 61.1 Å². The summed E-state index contributed by atoms with van der Waals surface area (Å²) in [6.45, 7) is 5.22. The van der Waals surface area contributed by atoms with Gasteiger partial charge in [0.25, 0.3) is 10.0 Å². The van der Waals surface area contributed by atoms with E-state index < -0.39 is 10.0 Å². The minimum absolute atomic E-state index is 0.299. The molecule has 0 bridgehead atoms. The van der Waals surface area contributed by atoms with E-state index in [1.807, 2.05) is 6.92 Å². The SMILES string of the molecule is CCCn1nccc1S(=O)(=O)N(C)CC1CCN(C)C1. The lowest BCUT2D eigenvalue weighted by molar-refractivity contribution is 0.354. The third-order valence-electron chi connectivity index (χ3n) is 3.79. The Kier molecular flexibility index (Phi) is 4.82. The number of aryl methyl sites for hydroxylation is 1. The largest absolute Gasteiger partial charge is 0.306 e. The van der Waals surface area contributed by atoms with Gasteiger partial charge in [0.2, 0.25) is 0 Å². The summed E-state index contributed by atoms with van der Waals surface area (Å²) in [5.41, 5.74) is 0. The van der Waals surface area contributed by atoms with Gasteiger partial charge in [-0.15, -0.1) is 0 Å². The first-order chi connectivity index (χ1) is 9.45. The molecule has 0 amide bonds. The molecule has 2 heterocycles. The summed E-state index contributed by atoms with van der Waals surface area (Å²) in [5, 5.41) is 4.40. The number of likely N-dealkylation sites (tertiary alicyclic amines) is 1. The average Bonchev–Trinajstić information content (AvgIpc) is 2.99. The summed E-state index contributed by atoms with van der Waals surface area (Å²) in [6, 6.07) is 1.59. The minimum atomic E-state index is -3.44. The van der Waals surface area contributed by atoms with Gasteiger partial charge < -0.3 is 4.90 Å². The number of hydrogen-bond acceptors (Lipinski definition) is 4. The molecule has 0 aromatic carbocycles. The van der Waals surface area contributed by atoms with Gasteiger partial charge in [-0.1, -0.05) is 6.92 Å². The van der Waals surface area contributed by atoms with Crippen molar-refractivity contribution in [3.8, 4) is 0 Å². The zero-order chi connectivity index (χ0) is 14.8. The molecule has 0 radical (unpaired) electrons. The van der Waals surface area contributed by atoms with Gasteiger partial charge in [0.05, 0.1) is 6.20 Å². The van der Waals surface area contributed by atoms with Gasteiger partial charge in [-0.3, -0.25) is 4.68 Å². The van der Waals surface area contributed by atoms with Crippen LogP contribution in [0.15, 0.2) is 17.3 Å². The van der Waals surface area contributed by atoms with E-state index in [2.05, 4.69) is 17.0 Å². The smallest absolute Gasteiger partial charge is 0.259 e. The van der Waals surface area contributed by atoms with Crippen molar-refractivity contribution in [1.29, 1.82) is 0 Å². The summed E-state index contributed by atoms with van der Waals surface area (Å²) in [4.78, 5) is 2.24. The van der Waals surface area contributed by atoms with Crippen molar-refractivity contribution in [3.63, 3.8) is 0 Å². The molecule has 1 aliphatic rings. The number of hydrogen-bond donors (Lipinski definition) is 0. The fourth-order valence-corrected chi connectivity index (χ4v) is 4.08. The normalized spacial score (nSPS) is 20.9. The van der Waals surface area contributed by atoms with E-state index >= 15 is 0 Å². The van der Waals surface area contributed by atoms with Gasteiger partial charge in [0.15, 0.2) is 5.03 Å². The summed E-state index contributed by atoms with van der Waals surface area (Å²) in [6.07, 6.45) is 3.48. The Labute approximate surface area is 121 Å². The molecule has 1 atom stereocenters. The van der Waals surface area contributed by atoms with Gasteiger partial charge in [-0.05, 0) is 38.4 Å². The predicted molar refractivity (Wildman–Crippen MR) is 77.9 cm³/mol. The number of rotatable bonds is 6. The van der Waals surface area contributed by atoms with Crippen LogP contribution in [0.25, 0.3) is 0 Å². The lowest BCUT2D eigenvalue weighted by atomic mass is 10.1. The van der Waals surface area contributed by atoms with E-state index in [-0.39, 0.29) is 0 Å². The molecule has 20 heavy (non-hydrogen) atoms. The first-order valence-corrected chi connectivity index (χ1v) is 8.56. The molecule has 1 unspecified atom stereocenters. The van der Waals surface area contributed by atoms with Crippen molar-refractivity contribution in [1.82, 2.24) is 19.0 Å². The summed E-state index contributed by atoms with van der Waals surface area (Å²) < 4.78 is 28.3. The van der Waals surface area contributed by atoms with Crippen molar-refractivity contribution >= 4 is 10.0 Å². The van der Waals surface area contributed by atoms with Crippen LogP contribution in [0, 0.1) is 5.92 Å². The van der Waals surface area contributed by atoms with Crippen molar-refractivity contribution in [3.05, 3.63) is 12.3 Å². The molecule has 1 fully saturated rings. The van der Waals surface area contributed by atoms with E-state index in [1.54, 1.807) is 24.0 Å². The fourth-order valence-electron chi connectivity index (χ4n) is 2.72. The van der Waals surface area contributed by atoms with Gasteiger partial charge in [0, 0.05) is 26.7 Å². The number of aromatic nitrogens is 2. The summed E-state index contributed by atoms with van der Waals surface area (Å²) in [5.74, 6) is 0.419. The van der Waals surface area contributed by atoms with Crippen molar-refractivity contribution < 1.29 is 8.42 Å². The quantitative estimate of drug-likeness (QED) is 0.782. The van der Waals surface area contributed by atoms with E-state index in [0.717, 1.165) is 25.9 Å². The standard InChI is InChI=1S/C13H24N4O2S/c1-4-8-17-13(5-7-14-17)20(18,19)16(3)11-12-6-9-15(2)10-12/h5,7,12H,4,6,8-11H2,1-3H3. The molecule has 0 spiro atoms. The van der Waals surface area contributed by atoms with E-state index in [9.17, 15) is 8.42 Å². The minimum Gasteiger partial charge on any atom is -0.306 e. The molecular weight excluding hydrogens is 276 g/mol. The second-order valence-corrected chi connectivity index (χ2v) is 7.59. The molecule has 2 rings (SSSR count). The van der Waals surface area contributed by atoms with Crippen LogP contribution in [0.2, 0.25) is 0 Å². The highest BCUT2D eigenvalue weighted by atomic mass is 32.2. The van der Waals surface area contributed by atoms with Crippen LogP contribution in [-0.2, 0) is 16.6 Å². The van der Waals surface area contributed by atoms with Gasteiger partial charge in [-0.2, -0.15) is 9.40 Å². The monoisotopic (exact) mass is 300 g/mol. The number of nitrogens with zero attached hydrogens (tertiary/aromatic N) is 4. The van der Waals surface area contributed by atoms with Gasteiger partial charge >= 0.3 is 0 Å². The fraction of sp³-hybridized carbons (Fsp3) is 0.769. The van der Waals surface area contributed by atoms with E-state index in [1.165, 1.54) is 4.31 Å². The van der Waals surface area contributed by atoms with Crippen LogP contribution in [0.5, 0.6) is 0 Å². The molecule has 0 saturated carbocycles. The first-order valence-electron chi connectivity index (χ1n) is 7.12. The highest BCUT2D eigenvalue weighted by Gasteiger charge is 2.29. The van der Waals surface area contributed by atoms with Crippen LogP contribution >= 0.6 is 0 Å². The van der Waals surface area contributed by atoms with Crippen LogP contribution in [0.3, 0.4) is 0 Å². The molecule has 1 aromatic heterocycles. The Balaban J connectivity index is 2.10. The highest BCUT2D eigenvalue weighted by Crippen LogP contribution is 2.20. The van der Waals surface area contributed by atoms with Gasteiger partial charge in [0.1, 0.15) is 0 Å². The zero-order valence-corrected chi connectivity index (χ0v) is 13.3. The Morgan fingerprint density at radius 1 is 1.50 bits per heavy atom. The maximum absolute atomic E-state index is 12.6. The number of sulfonamides is 1. The Hall–Kier alpha value is -0.920. The molecular formula is C13H24N4O2S. The van der Waals surface area contributed by atoms with Crippen LogP contribution < -0.4 is 0 Å². The summed E-state index contributed by atoms with van der Waals surface area (Å²) in [7, 11) is 0.300. The highest BCUT2D eigenvalue weighted by molar-refractivity contribution is 7.89. The zero-order valence-electron chi connectivity index (χ0n) is 12.5. The molecule has 0 N–H and O–H groups in total. The molecule has 7 heteroatoms. The Morgan fingerprint density at radius 2 is 2.25 bits per heavy atom.